The Morgan fingerprint density at radius 1 is 0.971 bits per heavy atom. The zero-order chi connectivity index (χ0) is 23.5. The van der Waals surface area contributed by atoms with Gasteiger partial charge in [0.15, 0.2) is 5.65 Å². The van der Waals surface area contributed by atoms with Crippen LogP contribution in [0, 0.1) is 0 Å². The van der Waals surface area contributed by atoms with E-state index < -0.39 is 0 Å². The highest BCUT2D eigenvalue weighted by Gasteiger charge is 2.27. The highest BCUT2D eigenvalue weighted by atomic mass is 16.5. The molecule has 8 nitrogen and oxygen atoms in total. The molecule has 4 aromatic rings. The third-order valence-electron chi connectivity index (χ3n) is 6.06. The van der Waals surface area contributed by atoms with Crippen molar-refractivity contribution >= 4 is 22.8 Å². The molecule has 5 rings (SSSR count). The fourth-order valence-electron chi connectivity index (χ4n) is 4.42. The minimum absolute atomic E-state index is 0.0817. The molecular weight excluding hydrogens is 428 g/mol. The van der Waals surface area contributed by atoms with Crippen molar-refractivity contribution < 1.29 is 9.47 Å². The van der Waals surface area contributed by atoms with Crippen LogP contribution in [0.15, 0.2) is 54.6 Å². The molecule has 0 fully saturated rings. The molecule has 176 valence electrons. The number of hydrogen-bond donors (Lipinski definition) is 1. The molecule has 1 aliphatic rings. The van der Waals surface area contributed by atoms with E-state index in [2.05, 4.69) is 53.5 Å². The number of ether oxygens (including phenoxy) is 2. The van der Waals surface area contributed by atoms with Crippen LogP contribution in [-0.4, -0.2) is 53.2 Å². The van der Waals surface area contributed by atoms with Gasteiger partial charge >= 0.3 is 0 Å². The number of hydrogen-bond acceptors (Lipinski definition) is 7. The van der Waals surface area contributed by atoms with Gasteiger partial charge in [-0.05, 0) is 30.2 Å². The number of nitrogens with zero attached hydrogens (tertiary/aromatic N) is 5. The molecule has 3 heterocycles. The maximum atomic E-state index is 5.31. The Kier molecular flexibility index (Phi) is 6.31. The molecule has 8 heteroatoms. The number of rotatable bonds is 9. The number of benzene rings is 2. The normalized spacial score (nSPS) is 13.8. The van der Waals surface area contributed by atoms with Crippen molar-refractivity contribution in [3.8, 4) is 5.75 Å². The van der Waals surface area contributed by atoms with E-state index in [1.54, 1.807) is 14.2 Å². The molecule has 1 atom stereocenters. The minimum atomic E-state index is 0.0817. The zero-order valence-electron chi connectivity index (χ0n) is 19.9. The summed E-state index contributed by atoms with van der Waals surface area (Å²) in [5.41, 5.74) is 4.31. The molecule has 0 aliphatic carbocycles. The van der Waals surface area contributed by atoms with Gasteiger partial charge in [-0.25, -0.2) is 4.68 Å². The van der Waals surface area contributed by atoms with Gasteiger partial charge in [-0.15, -0.1) is 0 Å². The summed E-state index contributed by atoms with van der Waals surface area (Å²) in [4.78, 5) is 12.2. The first-order valence-corrected chi connectivity index (χ1v) is 11.6. The molecule has 2 aromatic carbocycles. The summed E-state index contributed by atoms with van der Waals surface area (Å²) < 4.78 is 12.6. The van der Waals surface area contributed by atoms with E-state index >= 15 is 0 Å². The summed E-state index contributed by atoms with van der Waals surface area (Å²) >= 11 is 0. The fraction of sp³-hybridized carbons (Fsp3) is 0.346. The van der Waals surface area contributed by atoms with E-state index in [1.807, 2.05) is 22.9 Å². The first-order chi connectivity index (χ1) is 16.6. The molecule has 0 radical (unpaired) electrons. The van der Waals surface area contributed by atoms with Crippen LogP contribution in [0.4, 0.5) is 11.8 Å². The number of aromatic nitrogens is 4. The van der Waals surface area contributed by atoms with Gasteiger partial charge in [0.1, 0.15) is 11.6 Å². The second-order valence-electron chi connectivity index (χ2n) is 8.68. The van der Waals surface area contributed by atoms with Crippen LogP contribution >= 0.6 is 0 Å². The highest BCUT2D eigenvalue weighted by Crippen LogP contribution is 2.34. The quantitative estimate of drug-likeness (QED) is 0.408. The SMILES string of the molecule is COC[C@H](C)Nc1nc2c3c(nn(Cc4ccccc4)c3n1)CCN2Cc1ccc(OC)cc1. The molecule has 0 saturated heterocycles. The largest absolute Gasteiger partial charge is 0.497 e. The average molecular weight is 459 g/mol. The molecule has 0 saturated carbocycles. The number of methoxy groups -OCH3 is 2. The lowest BCUT2D eigenvalue weighted by Crippen LogP contribution is -2.30. The maximum Gasteiger partial charge on any atom is 0.227 e. The maximum absolute atomic E-state index is 5.31. The molecule has 0 amide bonds. The monoisotopic (exact) mass is 458 g/mol. The van der Waals surface area contributed by atoms with Crippen LogP contribution in [0.2, 0.25) is 0 Å². The molecule has 1 N–H and O–H groups in total. The van der Waals surface area contributed by atoms with Crippen LogP contribution in [0.3, 0.4) is 0 Å². The Labute approximate surface area is 199 Å². The van der Waals surface area contributed by atoms with Crippen LogP contribution in [0.25, 0.3) is 11.0 Å². The molecule has 0 spiro atoms. The standard InChI is InChI=1S/C26H30N6O2/c1-18(17-33-2)27-26-28-24-23-22(13-14-31(24)15-20-9-11-21(34-3)12-10-20)30-32(25(23)29-26)16-19-7-5-4-6-8-19/h4-12,18H,13-17H2,1-3H3,(H,27,28,29)/t18-/m0/s1. The second kappa shape index (κ2) is 9.69. The molecule has 2 aromatic heterocycles. The average Bonchev–Trinajstić information content (AvgIpc) is 3.20. The van der Waals surface area contributed by atoms with Gasteiger partial charge in [0.25, 0.3) is 0 Å². The third kappa shape index (κ3) is 4.54. The van der Waals surface area contributed by atoms with Gasteiger partial charge in [0.2, 0.25) is 5.95 Å². The first-order valence-electron chi connectivity index (χ1n) is 11.6. The predicted octanol–water partition coefficient (Wildman–Crippen LogP) is 3.89. The van der Waals surface area contributed by atoms with Gasteiger partial charge in [0, 0.05) is 32.7 Å². The van der Waals surface area contributed by atoms with Crippen molar-refractivity contribution in [3.63, 3.8) is 0 Å². The Balaban J connectivity index is 1.54. The van der Waals surface area contributed by atoms with Gasteiger partial charge < -0.3 is 19.7 Å². The van der Waals surface area contributed by atoms with Crippen LogP contribution in [0.5, 0.6) is 5.75 Å². The highest BCUT2D eigenvalue weighted by molar-refractivity contribution is 5.92. The minimum Gasteiger partial charge on any atom is -0.497 e. The van der Waals surface area contributed by atoms with E-state index in [4.69, 9.17) is 24.5 Å². The second-order valence-corrected chi connectivity index (χ2v) is 8.68. The molecule has 1 aliphatic heterocycles. The van der Waals surface area contributed by atoms with Gasteiger partial charge in [-0.3, -0.25) is 0 Å². The third-order valence-corrected chi connectivity index (χ3v) is 6.06. The van der Waals surface area contributed by atoms with Crippen molar-refractivity contribution in [2.45, 2.75) is 32.5 Å². The van der Waals surface area contributed by atoms with Gasteiger partial charge in [-0.2, -0.15) is 15.1 Å². The van der Waals surface area contributed by atoms with E-state index in [-0.39, 0.29) is 6.04 Å². The van der Waals surface area contributed by atoms with E-state index in [9.17, 15) is 0 Å². The Morgan fingerprint density at radius 2 is 1.74 bits per heavy atom. The first kappa shape index (κ1) is 22.2. The fourth-order valence-corrected chi connectivity index (χ4v) is 4.42. The molecule has 34 heavy (non-hydrogen) atoms. The van der Waals surface area contributed by atoms with E-state index in [1.165, 1.54) is 11.1 Å². The number of nitrogens with one attached hydrogen (secondary N) is 1. The Hall–Kier alpha value is -3.65. The Bertz CT molecular complexity index is 1260. The molecule has 0 unspecified atom stereocenters. The van der Waals surface area contributed by atoms with E-state index in [0.29, 0.717) is 19.1 Å². The van der Waals surface area contributed by atoms with Crippen molar-refractivity contribution in [2.75, 3.05) is 37.6 Å². The van der Waals surface area contributed by atoms with Crippen LogP contribution in [-0.2, 0) is 24.2 Å². The van der Waals surface area contributed by atoms with Crippen molar-refractivity contribution in [1.29, 1.82) is 0 Å². The van der Waals surface area contributed by atoms with Gasteiger partial charge in [-0.1, -0.05) is 42.5 Å². The summed E-state index contributed by atoms with van der Waals surface area (Å²) in [6.45, 7) is 4.90. The van der Waals surface area contributed by atoms with Crippen molar-refractivity contribution in [1.82, 2.24) is 19.7 Å². The zero-order valence-corrected chi connectivity index (χ0v) is 19.9. The van der Waals surface area contributed by atoms with Crippen molar-refractivity contribution in [2.24, 2.45) is 0 Å². The smallest absolute Gasteiger partial charge is 0.227 e. The van der Waals surface area contributed by atoms with Gasteiger partial charge in [0.05, 0.1) is 31.3 Å². The Morgan fingerprint density at radius 3 is 2.47 bits per heavy atom. The lowest BCUT2D eigenvalue weighted by molar-refractivity contribution is 0.190. The molecule has 0 bridgehead atoms. The van der Waals surface area contributed by atoms with Crippen LogP contribution in [0.1, 0.15) is 23.7 Å². The van der Waals surface area contributed by atoms with Crippen LogP contribution < -0.4 is 15.0 Å². The number of anilines is 2. The predicted molar refractivity (Wildman–Crippen MR) is 134 cm³/mol. The summed E-state index contributed by atoms with van der Waals surface area (Å²) in [6, 6.07) is 18.6. The summed E-state index contributed by atoms with van der Waals surface area (Å²) in [5.74, 6) is 2.37. The summed E-state index contributed by atoms with van der Waals surface area (Å²) in [5, 5.41) is 9.40. The topological polar surface area (TPSA) is 77.3 Å². The van der Waals surface area contributed by atoms with E-state index in [0.717, 1.165) is 47.8 Å². The summed E-state index contributed by atoms with van der Waals surface area (Å²) in [6.07, 6.45) is 0.859. The molecular formula is C26H30N6O2. The van der Waals surface area contributed by atoms with Crippen molar-refractivity contribution in [3.05, 3.63) is 71.4 Å². The lowest BCUT2D eigenvalue weighted by atomic mass is 10.1. The summed E-state index contributed by atoms with van der Waals surface area (Å²) in [7, 11) is 3.38. The lowest BCUT2D eigenvalue weighted by Gasteiger charge is -2.28.